The molecule has 72 valence electrons. The van der Waals surface area contributed by atoms with Crippen LogP contribution in [0.4, 0.5) is 0 Å². The Balaban J connectivity index is 2.13. The normalized spacial score (nSPS) is 32.2. The van der Waals surface area contributed by atoms with Crippen LogP contribution in [0, 0.1) is 5.92 Å². The fraction of sp³-hybridized carbons (Fsp3) is 1.00. The maximum Gasteiger partial charge on any atom is 0.0199 e. The van der Waals surface area contributed by atoms with Crippen molar-refractivity contribution in [1.82, 2.24) is 0 Å². The molecule has 0 aromatic carbocycles. The lowest BCUT2D eigenvalue weighted by Gasteiger charge is -2.16. The molecule has 1 saturated carbocycles. The average molecular weight is 187 g/mol. The van der Waals surface area contributed by atoms with Crippen molar-refractivity contribution in [1.29, 1.82) is 0 Å². The van der Waals surface area contributed by atoms with Crippen LogP contribution in [0.15, 0.2) is 0 Å². The quantitative estimate of drug-likeness (QED) is 0.732. The molecule has 0 heterocycles. The summed E-state index contributed by atoms with van der Waals surface area (Å²) in [6, 6.07) is 0.485. The van der Waals surface area contributed by atoms with E-state index in [1.165, 1.54) is 31.4 Å². The van der Waals surface area contributed by atoms with Gasteiger partial charge in [-0.25, -0.2) is 0 Å². The molecule has 0 spiro atoms. The monoisotopic (exact) mass is 187 g/mol. The fourth-order valence-corrected chi connectivity index (χ4v) is 3.10. The molecular formula is C10H21NS. The Kier molecular flexibility index (Phi) is 4.44. The highest BCUT2D eigenvalue weighted by molar-refractivity contribution is 7.99. The fourth-order valence-electron chi connectivity index (χ4n) is 1.57. The zero-order valence-corrected chi connectivity index (χ0v) is 9.07. The van der Waals surface area contributed by atoms with Gasteiger partial charge in [0, 0.05) is 11.3 Å². The second-order valence-electron chi connectivity index (χ2n) is 3.98. The number of hydrogen-bond acceptors (Lipinski definition) is 2. The van der Waals surface area contributed by atoms with Crippen LogP contribution < -0.4 is 5.73 Å². The van der Waals surface area contributed by atoms with Gasteiger partial charge in [0.1, 0.15) is 0 Å². The van der Waals surface area contributed by atoms with Crippen LogP contribution in [0.1, 0.15) is 39.5 Å². The van der Waals surface area contributed by atoms with Crippen molar-refractivity contribution in [3.63, 3.8) is 0 Å². The van der Waals surface area contributed by atoms with Gasteiger partial charge in [-0.05, 0) is 24.5 Å². The van der Waals surface area contributed by atoms with Gasteiger partial charge in [-0.15, -0.1) is 0 Å². The summed E-state index contributed by atoms with van der Waals surface area (Å²) in [5.74, 6) is 2.16. The maximum atomic E-state index is 5.99. The Labute approximate surface area is 80.5 Å². The van der Waals surface area contributed by atoms with E-state index in [0.29, 0.717) is 6.04 Å². The zero-order valence-electron chi connectivity index (χ0n) is 8.25. The van der Waals surface area contributed by atoms with Crippen LogP contribution in [0.25, 0.3) is 0 Å². The molecule has 3 atom stereocenters. The Bertz CT molecular complexity index is 127. The molecule has 1 aliphatic carbocycles. The summed E-state index contributed by atoms with van der Waals surface area (Å²) < 4.78 is 0. The summed E-state index contributed by atoms with van der Waals surface area (Å²) in [4.78, 5) is 0. The third-order valence-corrected chi connectivity index (χ3v) is 4.57. The first-order valence-electron chi connectivity index (χ1n) is 5.11. The molecule has 0 aromatic rings. The molecule has 0 bridgehead atoms. The molecule has 1 rings (SSSR count). The van der Waals surface area contributed by atoms with Crippen LogP contribution in [0.3, 0.4) is 0 Å². The number of thioether (sulfide) groups is 1. The summed E-state index contributed by atoms with van der Waals surface area (Å²) in [6.07, 6.45) is 5.24. The highest BCUT2D eigenvalue weighted by Gasteiger charge is 2.24. The lowest BCUT2D eigenvalue weighted by atomic mass is 10.2. The van der Waals surface area contributed by atoms with E-state index in [1.807, 2.05) is 0 Å². The predicted molar refractivity (Wildman–Crippen MR) is 57.5 cm³/mol. The van der Waals surface area contributed by atoms with Gasteiger partial charge in [-0.3, -0.25) is 0 Å². The van der Waals surface area contributed by atoms with Crippen molar-refractivity contribution in [2.75, 3.05) is 5.75 Å². The summed E-state index contributed by atoms with van der Waals surface area (Å²) >= 11 is 2.10. The van der Waals surface area contributed by atoms with E-state index < -0.39 is 0 Å². The molecule has 0 radical (unpaired) electrons. The van der Waals surface area contributed by atoms with Gasteiger partial charge in [0.15, 0.2) is 0 Å². The molecule has 0 saturated heterocycles. The van der Waals surface area contributed by atoms with E-state index in [4.69, 9.17) is 5.73 Å². The Morgan fingerprint density at radius 3 is 2.75 bits per heavy atom. The molecule has 0 aromatic heterocycles. The molecule has 0 amide bonds. The van der Waals surface area contributed by atoms with Crippen LogP contribution >= 0.6 is 11.8 Å². The largest absolute Gasteiger partial charge is 0.327 e. The van der Waals surface area contributed by atoms with Gasteiger partial charge in [0.05, 0.1) is 0 Å². The summed E-state index contributed by atoms with van der Waals surface area (Å²) in [5.41, 5.74) is 5.99. The van der Waals surface area contributed by atoms with Crippen LogP contribution in [0.5, 0.6) is 0 Å². The van der Waals surface area contributed by atoms with Crippen molar-refractivity contribution in [3.8, 4) is 0 Å². The SMILES string of the molecule is CCC(C)CSC1CCCC1N. The highest BCUT2D eigenvalue weighted by atomic mass is 32.2. The minimum absolute atomic E-state index is 0.485. The minimum atomic E-state index is 0.485. The van der Waals surface area contributed by atoms with Crippen LogP contribution in [0.2, 0.25) is 0 Å². The number of nitrogens with two attached hydrogens (primary N) is 1. The van der Waals surface area contributed by atoms with Crippen molar-refractivity contribution >= 4 is 11.8 Å². The molecule has 1 nitrogen and oxygen atoms in total. The molecule has 2 N–H and O–H groups in total. The number of rotatable bonds is 4. The third-order valence-electron chi connectivity index (χ3n) is 2.80. The first-order chi connectivity index (χ1) is 5.74. The Morgan fingerprint density at radius 1 is 1.50 bits per heavy atom. The first-order valence-corrected chi connectivity index (χ1v) is 6.16. The van der Waals surface area contributed by atoms with E-state index >= 15 is 0 Å². The second kappa shape index (κ2) is 5.13. The van der Waals surface area contributed by atoms with Gasteiger partial charge < -0.3 is 5.73 Å². The molecule has 0 aliphatic heterocycles. The van der Waals surface area contributed by atoms with E-state index in [2.05, 4.69) is 25.6 Å². The standard InChI is InChI=1S/C10H21NS/c1-3-8(2)7-12-10-6-4-5-9(10)11/h8-10H,3-7,11H2,1-2H3. The topological polar surface area (TPSA) is 26.0 Å². The van der Waals surface area contributed by atoms with E-state index in [-0.39, 0.29) is 0 Å². The summed E-state index contributed by atoms with van der Waals surface area (Å²) in [7, 11) is 0. The molecule has 3 unspecified atom stereocenters. The highest BCUT2D eigenvalue weighted by Crippen LogP contribution is 2.30. The van der Waals surface area contributed by atoms with Gasteiger partial charge in [0.2, 0.25) is 0 Å². The smallest absolute Gasteiger partial charge is 0.0199 e. The van der Waals surface area contributed by atoms with Gasteiger partial charge in [-0.1, -0.05) is 26.7 Å². The van der Waals surface area contributed by atoms with E-state index in [1.54, 1.807) is 0 Å². The van der Waals surface area contributed by atoms with E-state index in [0.717, 1.165) is 11.2 Å². The Morgan fingerprint density at radius 2 is 2.25 bits per heavy atom. The van der Waals surface area contributed by atoms with Crippen molar-refractivity contribution in [2.24, 2.45) is 11.7 Å². The van der Waals surface area contributed by atoms with Crippen LogP contribution in [-0.4, -0.2) is 17.0 Å². The minimum Gasteiger partial charge on any atom is -0.327 e. The molecule has 2 heteroatoms. The summed E-state index contributed by atoms with van der Waals surface area (Å²) in [5, 5.41) is 0.763. The number of hydrogen-bond donors (Lipinski definition) is 1. The Hall–Kier alpha value is 0.310. The lowest BCUT2D eigenvalue weighted by molar-refractivity contribution is 0.632. The maximum absolute atomic E-state index is 5.99. The van der Waals surface area contributed by atoms with Gasteiger partial charge in [0.25, 0.3) is 0 Å². The van der Waals surface area contributed by atoms with Crippen molar-refractivity contribution in [2.45, 2.75) is 50.8 Å². The third kappa shape index (κ3) is 2.98. The molecular weight excluding hydrogens is 166 g/mol. The molecule has 1 aliphatic rings. The van der Waals surface area contributed by atoms with Crippen LogP contribution in [-0.2, 0) is 0 Å². The molecule has 12 heavy (non-hydrogen) atoms. The van der Waals surface area contributed by atoms with E-state index in [9.17, 15) is 0 Å². The lowest BCUT2D eigenvalue weighted by Crippen LogP contribution is -2.27. The van der Waals surface area contributed by atoms with Gasteiger partial charge in [-0.2, -0.15) is 11.8 Å². The van der Waals surface area contributed by atoms with Crippen molar-refractivity contribution < 1.29 is 0 Å². The average Bonchev–Trinajstić information content (AvgIpc) is 2.47. The second-order valence-corrected chi connectivity index (χ2v) is 5.25. The van der Waals surface area contributed by atoms with Crippen molar-refractivity contribution in [3.05, 3.63) is 0 Å². The molecule has 1 fully saturated rings. The zero-order chi connectivity index (χ0) is 8.97. The van der Waals surface area contributed by atoms with Gasteiger partial charge >= 0.3 is 0 Å². The predicted octanol–water partition coefficient (Wildman–Crippen LogP) is 2.65. The summed E-state index contributed by atoms with van der Waals surface area (Å²) in [6.45, 7) is 4.59. The first kappa shape index (κ1) is 10.4.